The number of amides is 2. The zero-order valence-electron chi connectivity index (χ0n) is 12.1. The van der Waals surface area contributed by atoms with Crippen LogP contribution in [-0.4, -0.2) is 49.4 Å². The molecule has 0 aromatic heterocycles. The predicted molar refractivity (Wildman–Crippen MR) is 69.1 cm³/mol. The van der Waals surface area contributed by atoms with E-state index in [4.69, 9.17) is 14.2 Å². The summed E-state index contributed by atoms with van der Waals surface area (Å²) >= 11 is 0. The van der Waals surface area contributed by atoms with E-state index in [0.29, 0.717) is 12.8 Å². The first kappa shape index (κ1) is 16.3. The molecule has 0 atom stereocenters. The average molecular weight is 287 g/mol. The van der Waals surface area contributed by atoms with Crippen molar-refractivity contribution in [2.24, 2.45) is 5.41 Å². The minimum absolute atomic E-state index is 0.0660. The SMILES string of the molecule is CCOC(=O)N(CC1(C(=O)OCC)CC1)C(=O)OCC. The molecule has 0 radical (unpaired) electrons. The summed E-state index contributed by atoms with van der Waals surface area (Å²) in [5.74, 6) is -0.390. The number of nitrogens with zero attached hydrogens (tertiary/aromatic N) is 1. The van der Waals surface area contributed by atoms with E-state index in [-0.39, 0.29) is 26.4 Å². The van der Waals surface area contributed by atoms with E-state index in [9.17, 15) is 14.4 Å². The molecular weight excluding hydrogens is 266 g/mol. The third-order valence-electron chi connectivity index (χ3n) is 3.00. The van der Waals surface area contributed by atoms with Gasteiger partial charge in [-0.25, -0.2) is 14.5 Å². The summed E-state index contributed by atoms with van der Waals surface area (Å²) in [5, 5.41) is 0. The Hall–Kier alpha value is -1.79. The Morgan fingerprint density at radius 2 is 1.35 bits per heavy atom. The Morgan fingerprint density at radius 3 is 1.70 bits per heavy atom. The van der Waals surface area contributed by atoms with Crippen LogP contribution < -0.4 is 0 Å². The molecule has 114 valence electrons. The molecule has 0 aromatic carbocycles. The van der Waals surface area contributed by atoms with Gasteiger partial charge in [-0.2, -0.15) is 0 Å². The van der Waals surface area contributed by atoms with Crippen LogP contribution in [0.25, 0.3) is 0 Å². The molecule has 0 aliphatic heterocycles. The van der Waals surface area contributed by atoms with Gasteiger partial charge in [0, 0.05) is 0 Å². The van der Waals surface area contributed by atoms with Crippen LogP contribution in [0, 0.1) is 5.41 Å². The van der Waals surface area contributed by atoms with Crippen LogP contribution in [0.5, 0.6) is 0 Å². The summed E-state index contributed by atoms with van der Waals surface area (Å²) in [6.07, 6.45) is -0.439. The van der Waals surface area contributed by atoms with Gasteiger partial charge in [0.15, 0.2) is 0 Å². The molecular formula is C13H21NO6. The Labute approximate surface area is 118 Å². The van der Waals surface area contributed by atoms with Crippen LogP contribution in [0.4, 0.5) is 9.59 Å². The molecule has 0 heterocycles. The first-order valence-corrected chi connectivity index (χ1v) is 6.79. The van der Waals surface area contributed by atoms with Gasteiger partial charge in [-0.3, -0.25) is 4.79 Å². The minimum Gasteiger partial charge on any atom is -0.466 e. The first-order valence-electron chi connectivity index (χ1n) is 6.79. The fourth-order valence-electron chi connectivity index (χ4n) is 1.77. The van der Waals surface area contributed by atoms with E-state index >= 15 is 0 Å². The maximum atomic E-state index is 11.9. The molecule has 1 fully saturated rings. The number of hydrogen-bond donors (Lipinski definition) is 0. The summed E-state index contributed by atoms with van der Waals surface area (Å²) in [6, 6.07) is 0. The highest BCUT2D eigenvalue weighted by Crippen LogP contribution is 2.47. The summed E-state index contributed by atoms with van der Waals surface area (Å²) in [4.78, 5) is 36.3. The molecule has 1 saturated carbocycles. The van der Waals surface area contributed by atoms with Crippen molar-refractivity contribution in [3.8, 4) is 0 Å². The van der Waals surface area contributed by atoms with Crippen LogP contribution in [0.15, 0.2) is 0 Å². The second-order valence-corrected chi connectivity index (χ2v) is 4.48. The third-order valence-corrected chi connectivity index (χ3v) is 3.00. The van der Waals surface area contributed by atoms with Gasteiger partial charge in [-0.1, -0.05) is 0 Å². The highest BCUT2D eigenvalue weighted by molar-refractivity contribution is 5.89. The van der Waals surface area contributed by atoms with Crippen molar-refractivity contribution in [1.82, 2.24) is 4.90 Å². The summed E-state index contributed by atoms with van der Waals surface area (Å²) in [5.41, 5.74) is -0.796. The zero-order chi connectivity index (χ0) is 15.2. The summed E-state index contributed by atoms with van der Waals surface area (Å²) < 4.78 is 14.6. The molecule has 1 aliphatic rings. The van der Waals surface area contributed by atoms with Crippen molar-refractivity contribution in [2.45, 2.75) is 33.6 Å². The van der Waals surface area contributed by atoms with Crippen molar-refractivity contribution in [3.63, 3.8) is 0 Å². The molecule has 7 nitrogen and oxygen atoms in total. The second-order valence-electron chi connectivity index (χ2n) is 4.48. The maximum absolute atomic E-state index is 11.9. The molecule has 20 heavy (non-hydrogen) atoms. The quantitative estimate of drug-likeness (QED) is 0.548. The largest absolute Gasteiger partial charge is 0.466 e. The van der Waals surface area contributed by atoms with Crippen LogP contribution in [-0.2, 0) is 19.0 Å². The Balaban J connectivity index is 2.76. The lowest BCUT2D eigenvalue weighted by Gasteiger charge is -2.23. The van der Waals surface area contributed by atoms with E-state index in [1.807, 2.05) is 0 Å². The fraction of sp³-hybridized carbons (Fsp3) is 0.769. The van der Waals surface area contributed by atoms with Crippen molar-refractivity contribution >= 4 is 18.2 Å². The van der Waals surface area contributed by atoms with Gasteiger partial charge in [0.25, 0.3) is 0 Å². The number of ether oxygens (including phenoxy) is 3. The number of hydrogen-bond acceptors (Lipinski definition) is 6. The highest BCUT2D eigenvalue weighted by Gasteiger charge is 2.54. The summed E-state index contributed by atoms with van der Waals surface area (Å²) in [6.45, 7) is 5.46. The van der Waals surface area contributed by atoms with Gasteiger partial charge < -0.3 is 14.2 Å². The van der Waals surface area contributed by atoms with Crippen LogP contribution in [0.1, 0.15) is 33.6 Å². The molecule has 1 rings (SSSR count). The lowest BCUT2D eigenvalue weighted by Crippen LogP contribution is -2.44. The van der Waals surface area contributed by atoms with Crippen LogP contribution in [0.2, 0.25) is 0 Å². The van der Waals surface area contributed by atoms with Gasteiger partial charge in [-0.15, -0.1) is 0 Å². The van der Waals surface area contributed by atoms with Crippen LogP contribution >= 0.6 is 0 Å². The molecule has 1 aliphatic carbocycles. The Bertz CT molecular complexity index is 359. The molecule has 0 spiro atoms. The Morgan fingerprint density at radius 1 is 0.900 bits per heavy atom. The topological polar surface area (TPSA) is 82.1 Å². The lowest BCUT2D eigenvalue weighted by molar-refractivity contribution is -0.150. The molecule has 0 unspecified atom stereocenters. The standard InChI is InChI=1S/C13H21NO6/c1-4-18-10(15)13(7-8-13)9-14(11(16)19-5-2)12(17)20-6-3/h4-9H2,1-3H3. The van der Waals surface area contributed by atoms with Gasteiger partial charge in [0.1, 0.15) is 0 Å². The summed E-state index contributed by atoms with van der Waals surface area (Å²) in [7, 11) is 0. The van der Waals surface area contributed by atoms with E-state index in [0.717, 1.165) is 4.90 Å². The molecule has 0 saturated heterocycles. The molecule has 0 aromatic rings. The number of carbonyl (C=O) groups is 3. The van der Waals surface area contributed by atoms with Crippen molar-refractivity contribution in [3.05, 3.63) is 0 Å². The van der Waals surface area contributed by atoms with Gasteiger partial charge in [0.2, 0.25) is 0 Å². The van der Waals surface area contributed by atoms with E-state index < -0.39 is 23.6 Å². The lowest BCUT2D eigenvalue weighted by atomic mass is 10.1. The van der Waals surface area contributed by atoms with Crippen molar-refractivity contribution in [2.75, 3.05) is 26.4 Å². The van der Waals surface area contributed by atoms with E-state index in [1.165, 1.54) is 0 Å². The predicted octanol–water partition coefficient (Wildman–Crippen LogP) is 1.94. The van der Waals surface area contributed by atoms with Crippen LogP contribution in [0.3, 0.4) is 0 Å². The molecule has 0 bridgehead atoms. The third kappa shape index (κ3) is 3.85. The smallest absolute Gasteiger partial charge is 0.419 e. The second kappa shape index (κ2) is 7.12. The molecule has 2 amide bonds. The fourth-order valence-corrected chi connectivity index (χ4v) is 1.77. The van der Waals surface area contributed by atoms with Gasteiger partial charge in [0.05, 0.1) is 31.8 Å². The highest BCUT2D eigenvalue weighted by atomic mass is 16.6. The Kier molecular flexibility index (Phi) is 5.79. The van der Waals surface area contributed by atoms with Crippen molar-refractivity contribution in [1.29, 1.82) is 0 Å². The molecule has 0 N–H and O–H groups in total. The monoisotopic (exact) mass is 287 g/mol. The average Bonchev–Trinajstić information content (AvgIpc) is 3.18. The zero-order valence-corrected chi connectivity index (χ0v) is 12.1. The first-order chi connectivity index (χ1) is 9.50. The number of carbonyl (C=O) groups excluding carboxylic acids is 3. The number of rotatable bonds is 6. The van der Waals surface area contributed by atoms with E-state index in [2.05, 4.69) is 0 Å². The molecule has 7 heteroatoms. The number of esters is 1. The normalized spacial score (nSPS) is 15.2. The minimum atomic E-state index is -0.804. The van der Waals surface area contributed by atoms with Crippen molar-refractivity contribution < 1.29 is 28.6 Å². The van der Waals surface area contributed by atoms with Gasteiger partial charge in [-0.05, 0) is 33.6 Å². The maximum Gasteiger partial charge on any atom is 0.419 e. The van der Waals surface area contributed by atoms with E-state index in [1.54, 1.807) is 20.8 Å². The number of imide groups is 1. The van der Waals surface area contributed by atoms with Gasteiger partial charge >= 0.3 is 18.2 Å².